The third-order valence-corrected chi connectivity index (χ3v) is 5.43. The molecule has 0 saturated carbocycles. The van der Waals surface area contributed by atoms with Crippen molar-refractivity contribution < 1.29 is 18.7 Å². The van der Waals surface area contributed by atoms with Crippen LogP contribution in [0, 0.1) is 5.82 Å². The summed E-state index contributed by atoms with van der Waals surface area (Å²) < 4.78 is 24.8. The minimum atomic E-state index is -0.501. The van der Waals surface area contributed by atoms with Gasteiger partial charge in [-0.2, -0.15) is 0 Å². The summed E-state index contributed by atoms with van der Waals surface area (Å²) in [6, 6.07) is 13.5. The van der Waals surface area contributed by atoms with E-state index in [1.807, 2.05) is 24.3 Å². The zero-order valence-electron chi connectivity index (χ0n) is 13.9. The molecule has 4 rings (SSSR count). The first-order valence-corrected chi connectivity index (χ1v) is 9.71. The Morgan fingerprint density at radius 3 is 2.63 bits per heavy atom. The highest BCUT2D eigenvalue weighted by atomic mass is 32.1. The number of ether oxygens (including phenoxy) is 2. The number of esters is 1. The molecule has 0 atom stereocenters. The molecule has 0 spiro atoms. The van der Waals surface area contributed by atoms with E-state index in [0.29, 0.717) is 10.8 Å². The Hall–Kier alpha value is -2.84. The molecule has 0 bridgehead atoms. The first-order valence-electron chi connectivity index (χ1n) is 8.02. The van der Waals surface area contributed by atoms with E-state index in [0.717, 1.165) is 15.2 Å². The molecule has 0 amide bonds. The molecule has 0 N–H and O–H groups in total. The number of hydrogen-bond donors (Lipinski definition) is 0. The Labute approximate surface area is 162 Å². The second-order valence-electron chi connectivity index (χ2n) is 5.52. The fraction of sp³-hybridized carbons (Fsp3) is 0.105. The van der Waals surface area contributed by atoms with Gasteiger partial charge in [0, 0.05) is 5.38 Å². The van der Waals surface area contributed by atoms with Crippen LogP contribution in [0.4, 0.5) is 4.39 Å². The lowest BCUT2D eigenvalue weighted by molar-refractivity contribution is 0.0466. The highest BCUT2D eigenvalue weighted by molar-refractivity contribution is 7.18. The smallest absolute Gasteiger partial charge is 0.358 e. The van der Waals surface area contributed by atoms with Crippen molar-refractivity contribution in [3.8, 4) is 5.75 Å². The topological polar surface area (TPSA) is 61.3 Å². The first kappa shape index (κ1) is 17.6. The van der Waals surface area contributed by atoms with Gasteiger partial charge in [-0.15, -0.1) is 22.7 Å². The molecule has 4 aromatic rings. The van der Waals surface area contributed by atoms with Crippen LogP contribution in [0.5, 0.6) is 5.75 Å². The standard InChI is InChI=1S/C19H13FN2O3S2/c20-12-5-7-13(8-6-12)24-9-17-22-15(11-26-17)19(23)25-10-18-21-14-3-1-2-4-16(14)27-18/h1-8,11H,9-10H2. The van der Waals surface area contributed by atoms with Gasteiger partial charge in [-0.05, 0) is 36.4 Å². The maximum Gasteiger partial charge on any atom is 0.358 e. The van der Waals surface area contributed by atoms with E-state index in [1.54, 1.807) is 5.38 Å². The van der Waals surface area contributed by atoms with Crippen molar-refractivity contribution in [2.24, 2.45) is 0 Å². The number of aromatic nitrogens is 2. The van der Waals surface area contributed by atoms with Gasteiger partial charge in [-0.25, -0.2) is 19.2 Å². The van der Waals surface area contributed by atoms with E-state index in [9.17, 15) is 9.18 Å². The number of hydrogen-bond acceptors (Lipinski definition) is 7. The Kier molecular flexibility index (Phi) is 5.08. The average molecular weight is 400 g/mol. The zero-order chi connectivity index (χ0) is 18.6. The number of carbonyl (C=O) groups is 1. The maximum absolute atomic E-state index is 12.9. The first-order chi connectivity index (χ1) is 13.2. The summed E-state index contributed by atoms with van der Waals surface area (Å²) in [6.45, 7) is 0.304. The molecule has 0 aliphatic rings. The van der Waals surface area contributed by atoms with E-state index in [4.69, 9.17) is 9.47 Å². The van der Waals surface area contributed by atoms with Crippen LogP contribution in [0.2, 0.25) is 0 Å². The van der Waals surface area contributed by atoms with E-state index >= 15 is 0 Å². The normalized spacial score (nSPS) is 10.9. The lowest BCUT2D eigenvalue weighted by Crippen LogP contribution is -2.06. The Morgan fingerprint density at radius 1 is 1.00 bits per heavy atom. The molecule has 2 heterocycles. The molecule has 27 heavy (non-hydrogen) atoms. The van der Waals surface area contributed by atoms with Crippen LogP contribution in [-0.4, -0.2) is 15.9 Å². The van der Waals surface area contributed by atoms with Crippen LogP contribution in [0.1, 0.15) is 20.5 Å². The summed E-state index contributed by atoms with van der Waals surface area (Å²) in [7, 11) is 0. The molecule has 0 radical (unpaired) electrons. The molecule has 2 aromatic heterocycles. The van der Waals surface area contributed by atoms with Gasteiger partial charge >= 0.3 is 5.97 Å². The third-order valence-electron chi connectivity index (χ3n) is 3.60. The summed E-state index contributed by atoms with van der Waals surface area (Å²) in [5, 5.41) is 3.00. The monoisotopic (exact) mass is 400 g/mol. The van der Waals surface area contributed by atoms with Crippen LogP contribution in [0.25, 0.3) is 10.2 Å². The van der Waals surface area contributed by atoms with Crippen molar-refractivity contribution in [2.75, 3.05) is 0 Å². The molecule has 0 fully saturated rings. The quantitative estimate of drug-likeness (QED) is 0.434. The van der Waals surface area contributed by atoms with Gasteiger partial charge in [0.1, 0.15) is 34.8 Å². The molecule has 0 saturated heterocycles. The van der Waals surface area contributed by atoms with Crippen LogP contribution in [-0.2, 0) is 18.0 Å². The van der Waals surface area contributed by atoms with Gasteiger partial charge in [0.2, 0.25) is 0 Å². The number of thiazole rings is 2. The van der Waals surface area contributed by atoms with Gasteiger partial charge in [0.15, 0.2) is 5.69 Å². The lowest BCUT2D eigenvalue weighted by Gasteiger charge is -2.03. The molecule has 0 aliphatic heterocycles. The number of benzene rings is 2. The molecule has 2 aromatic carbocycles. The summed E-state index contributed by atoms with van der Waals surface area (Å²) in [5.41, 5.74) is 1.13. The van der Waals surface area contributed by atoms with Crippen molar-refractivity contribution in [1.82, 2.24) is 9.97 Å². The molecule has 136 valence electrons. The maximum atomic E-state index is 12.9. The molecule has 8 heteroatoms. The number of fused-ring (bicyclic) bond motifs is 1. The van der Waals surface area contributed by atoms with E-state index in [-0.39, 0.29) is 24.7 Å². The minimum Gasteiger partial charge on any atom is -0.486 e. The van der Waals surface area contributed by atoms with Crippen molar-refractivity contribution in [2.45, 2.75) is 13.2 Å². The van der Waals surface area contributed by atoms with Crippen molar-refractivity contribution in [3.05, 3.63) is 75.4 Å². The molecule has 0 unspecified atom stereocenters. The van der Waals surface area contributed by atoms with Gasteiger partial charge in [-0.3, -0.25) is 0 Å². The Balaban J connectivity index is 1.33. The van der Waals surface area contributed by atoms with Crippen molar-refractivity contribution in [1.29, 1.82) is 0 Å². The molecule has 0 aliphatic carbocycles. The minimum absolute atomic E-state index is 0.108. The fourth-order valence-electron chi connectivity index (χ4n) is 2.33. The lowest BCUT2D eigenvalue weighted by atomic mass is 10.3. The summed E-state index contributed by atoms with van der Waals surface area (Å²) in [6.07, 6.45) is 0. The van der Waals surface area contributed by atoms with E-state index in [1.165, 1.54) is 46.9 Å². The summed E-state index contributed by atoms with van der Waals surface area (Å²) in [5.74, 6) is -0.292. The Morgan fingerprint density at radius 2 is 1.81 bits per heavy atom. The number of halogens is 1. The predicted molar refractivity (Wildman–Crippen MR) is 102 cm³/mol. The van der Waals surface area contributed by atoms with E-state index in [2.05, 4.69) is 9.97 Å². The average Bonchev–Trinajstić information content (AvgIpc) is 3.32. The number of rotatable bonds is 6. The van der Waals surface area contributed by atoms with Gasteiger partial charge in [-0.1, -0.05) is 12.1 Å². The second-order valence-corrected chi connectivity index (χ2v) is 7.58. The second kappa shape index (κ2) is 7.81. The Bertz CT molecular complexity index is 1040. The largest absolute Gasteiger partial charge is 0.486 e. The highest BCUT2D eigenvalue weighted by Gasteiger charge is 2.14. The predicted octanol–water partition coefficient (Wildman–Crippen LogP) is 4.83. The number of para-hydroxylation sites is 1. The molecular weight excluding hydrogens is 387 g/mol. The third kappa shape index (κ3) is 4.29. The summed E-state index contributed by atoms with van der Waals surface area (Å²) >= 11 is 2.80. The van der Waals surface area contributed by atoms with Crippen molar-refractivity contribution in [3.63, 3.8) is 0 Å². The van der Waals surface area contributed by atoms with Gasteiger partial charge < -0.3 is 9.47 Å². The van der Waals surface area contributed by atoms with Gasteiger partial charge in [0.05, 0.1) is 10.2 Å². The van der Waals surface area contributed by atoms with Crippen LogP contribution >= 0.6 is 22.7 Å². The fourth-order valence-corrected chi connectivity index (χ4v) is 3.88. The van der Waals surface area contributed by atoms with Crippen LogP contribution in [0.15, 0.2) is 53.9 Å². The molecule has 5 nitrogen and oxygen atoms in total. The van der Waals surface area contributed by atoms with Gasteiger partial charge in [0.25, 0.3) is 0 Å². The van der Waals surface area contributed by atoms with Crippen molar-refractivity contribution >= 4 is 38.9 Å². The number of carbonyl (C=O) groups excluding carboxylic acids is 1. The highest BCUT2D eigenvalue weighted by Crippen LogP contribution is 2.22. The van der Waals surface area contributed by atoms with E-state index < -0.39 is 5.97 Å². The zero-order valence-corrected chi connectivity index (χ0v) is 15.6. The summed E-state index contributed by atoms with van der Waals surface area (Å²) in [4.78, 5) is 20.8. The SMILES string of the molecule is O=C(OCc1nc2ccccc2s1)c1csc(COc2ccc(F)cc2)n1. The number of nitrogens with zero attached hydrogens (tertiary/aromatic N) is 2. The van der Waals surface area contributed by atoms with Crippen LogP contribution < -0.4 is 4.74 Å². The molecular formula is C19H13FN2O3S2. The van der Waals surface area contributed by atoms with Crippen LogP contribution in [0.3, 0.4) is 0 Å².